The molecule has 1 rings (SSSR count). The molecule has 22 heavy (non-hydrogen) atoms. The van der Waals surface area contributed by atoms with Crippen molar-refractivity contribution >= 4 is 15.9 Å². The van der Waals surface area contributed by atoms with Crippen molar-refractivity contribution in [3.63, 3.8) is 0 Å². The largest absolute Gasteiger partial charge is 0.534 e. The smallest absolute Gasteiger partial charge is 0.376 e. The van der Waals surface area contributed by atoms with Crippen LogP contribution >= 0.6 is 0 Å². The first-order chi connectivity index (χ1) is 10.1. The van der Waals surface area contributed by atoms with E-state index in [1.807, 2.05) is 0 Å². The van der Waals surface area contributed by atoms with Crippen molar-refractivity contribution in [2.45, 2.75) is 31.7 Å². The molecule has 0 bridgehead atoms. The van der Waals surface area contributed by atoms with Crippen LogP contribution in [0, 0.1) is 0 Å². The zero-order valence-electron chi connectivity index (χ0n) is 11.5. The SMILES string of the molecule is CCCCC(F)=C(F)c1ccc(OS(=O)(=O)C(F)(F)F)cc1. The summed E-state index contributed by atoms with van der Waals surface area (Å²) in [5.41, 5.74) is -5.78. The molecule has 0 atom stereocenters. The zero-order valence-corrected chi connectivity index (χ0v) is 12.3. The van der Waals surface area contributed by atoms with E-state index in [0.29, 0.717) is 12.8 Å². The van der Waals surface area contributed by atoms with Crippen molar-refractivity contribution in [3.05, 3.63) is 35.7 Å². The lowest BCUT2D eigenvalue weighted by molar-refractivity contribution is -0.0500. The van der Waals surface area contributed by atoms with Gasteiger partial charge in [-0.05, 0) is 30.7 Å². The summed E-state index contributed by atoms with van der Waals surface area (Å²) >= 11 is 0. The second-order valence-corrected chi connectivity index (χ2v) is 5.87. The lowest BCUT2D eigenvalue weighted by Crippen LogP contribution is -2.28. The summed E-state index contributed by atoms with van der Waals surface area (Å²) in [5.74, 6) is -2.76. The Morgan fingerprint density at radius 2 is 1.68 bits per heavy atom. The first-order valence-corrected chi connectivity index (χ1v) is 7.64. The highest BCUT2D eigenvalue weighted by atomic mass is 32.2. The molecule has 3 nitrogen and oxygen atoms in total. The van der Waals surface area contributed by atoms with Gasteiger partial charge in [-0.2, -0.15) is 21.6 Å². The van der Waals surface area contributed by atoms with Crippen LogP contribution in [0.25, 0.3) is 5.83 Å². The number of halogens is 5. The normalized spacial score (nSPS) is 13.7. The highest BCUT2D eigenvalue weighted by molar-refractivity contribution is 7.87. The van der Waals surface area contributed by atoms with Crippen LogP contribution in [-0.4, -0.2) is 13.9 Å². The molecule has 1 aromatic rings. The van der Waals surface area contributed by atoms with Crippen molar-refractivity contribution in [3.8, 4) is 5.75 Å². The van der Waals surface area contributed by atoms with Gasteiger partial charge in [-0.15, -0.1) is 0 Å². The van der Waals surface area contributed by atoms with Crippen molar-refractivity contribution in [1.82, 2.24) is 0 Å². The fourth-order valence-electron chi connectivity index (χ4n) is 1.43. The number of benzene rings is 1. The van der Waals surface area contributed by atoms with Gasteiger partial charge in [0.1, 0.15) is 11.6 Å². The van der Waals surface area contributed by atoms with Gasteiger partial charge in [-0.1, -0.05) is 13.3 Å². The molecule has 0 saturated heterocycles. The van der Waals surface area contributed by atoms with Crippen LogP contribution in [0.15, 0.2) is 30.1 Å². The Hall–Kier alpha value is -1.64. The van der Waals surface area contributed by atoms with E-state index in [4.69, 9.17) is 0 Å². The first kappa shape index (κ1) is 18.4. The molecule has 0 aliphatic heterocycles. The maximum Gasteiger partial charge on any atom is 0.534 e. The number of allylic oxidation sites excluding steroid dienone is 1. The Bertz CT molecular complexity index is 633. The minimum absolute atomic E-state index is 0.0942. The predicted molar refractivity (Wildman–Crippen MR) is 70.7 cm³/mol. The summed E-state index contributed by atoms with van der Waals surface area (Å²) in [4.78, 5) is 0. The summed E-state index contributed by atoms with van der Waals surface area (Å²) in [7, 11) is -5.79. The number of unbranched alkanes of at least 4 members (excludes halogenated alkanes) is 1. The second-order valence-electron chi connectivity index (χ2n) is 4.33. The third kappa shape index (κ3) is 4.69. The average Bonchev–Trinajstić information content (AvgIpc) is 2.43. The molecule has 0 aromatic heterocycles. The molecule has 0 radical (unpaired) electrons. The molecule has 0 heterocycles. The Morgan fingerprint density at radius 1 is 1.14 bits per heavy atom. The number of hydrogen-bond acceptors (Lipinski definition) is 3. The third-order valence-corrected chi connectivity index (χ3v) is 3.56. The number of alkyl halides is 3. The van der Waals surface area contributed by atoms with Gasteiger partial charge >= 0.3 is 15.6 Å². The van der Waals surface area contributed by atoms with E-state index in [1.165, 1.54) is 0 Å². The number of hydrogen-bond donors (Lipinski definition) is 0. The highest BCUT2D eigenvalue weighted by Crippen LogP contribution is 2.29. The van der Waals surface area contributed by atoms with Crippen LogP contribution in [0.2, 0.25) is 0 Å². The van der Waals surface area contributed by atoms with Crippen LogP contribution in [0.4, 0.5) is 22.0 Å². The summed E-state index contributed by atoms with van der Waals surface area (Å²) in [5, 5.41) is 0. The van der Waals surface area contributed by atoms with Gasteiger partial charge in [0.25, 0.3) is 0 Å². The average molecular weight is 344 g/mol. The van der Waals surface area contributed by atoms with Crippen LogP contribution in [0.5, 0.6) is 5.75 Å². The molecule has 0 saturated carbocycles. The minimum Gasteiger partial charge on any atom is -0.376 e. The quantitative estimate of drug-likeness (QED) is 0.426. The molecule has 0 fully saturated rings. The molecule has 0 spiro atoms. The van der Waals surface area contributed by atoms with E-state index in [2.05, 4.69) is 4.18 Å². The molecule has 0 unspecified atom stereocenters. The first-order valence-electron chi connectivity index (χ1n) is 6.24. The van der Waals surface area contributed by atoms with Crippen LogP contribution in [0.3, 0.4) is 0 Å². The van der Waals surface area contributed by atoms with E-state index in [-0.39, 0.29) is 12.0 Å². The van der Waals surface area contributed by atoms with Gasteiger partial charge in [-0.3, -0.25) is 0 Å². The molecule has 0 amide bonds. The molecular weight excluding hydrogens is 331 g/mol. The summed E-state index contributed by atoms with van der Waals surface area (Å²) in [6.45, 7) is 1.80. The second kappa shape index (κ2) is 7.08. The summed E-state index contributed by atoms with van der Waals surface area (Å²) in [6, 6.07) is 3.49. The van der Waals surface area contributed by atoms with E-state index in [1.54, 1.807) is 6.92 Å². The van der Waals surface area contributed by atoms with Crippen LogP contribution < -0.4 is 4.18 Å². The van der Waals surface area contributed by atoms with E-state index in [9.17, 15) is 30.4 Å². The summed E-state index contributed by atoms with van der Waals surface area (Å²) in [6.07, 6.45) is 1.02. The van der Waals surface area contributed by atoms with Gasteiger partial charge in [0.15, 0.2) is 5.83 Å². The molecular formula is C13H13F5O3S. The Kier molecular flexibility index (Phi) is 5.92. The van der Waals surface area contributed by atoms with E-state index < -0.39 is 33.0 Å². The maximum absolute atomic E-state index is 13.7. The Labute approximate surface area is 124 Å². The van der Waals surface area contributed by atoms with Crippen LogP contribution in [-0.2, 0) is 10.1 Å². The fourth-order valence-corrected chi connectivity index (χ4v) is 1.89. The molecule has 0 N–H and O–H groups in total. The fraction of sp³-hybridized carbons (Fsp3) is 0.385. The standard InChI is InChI=1S/C13H13F5O3S/c1-2-3-4-11(14)12(15)9-5-7-10(8-6-9)21-22(19,20)13(16,17)18/h5-8H,2-4H2,1H3. The molecule has 0 aliphatic rings. The molecule has 1 aromatic carbocycles. The maximum atomic E-state index is 13.7. The van der Waals surface area contributed by atoms with E-state index in [0.717, 1.165) is 24.3 Å². The molecule has 124 valence electrons. The highest BCUT2D eigenvalue weighted by Gasteiger charge is 2.48. The summed E-state index contributed by atoms with van der Waals surface area (Å²) < 4.78 is 88.9. The van der Waals surface area contributed by atoms with E-state index >= 15 is 0 Å². The number of rotatable bonds is 6. The monoisotopic (exact) mass is 344 g/mol. The van der Waals surface area contributed by atoms with Crippen LogP contribution in [0.1, 0.15) is 31.7 Å². The topological polar surface area (TPSA) is 43.4 Å². The zero-order chi connectivity index (χ0) is 17.0. The van der Waals surface area contributed by atoms with Crippen molar-refractivity contribution in [2.24, 2.45) is 0 Å². The van der Waals surface area contributed by atoms with Crippen molar-refractivity contribution in [2.75, 3.05) is 0 Å². The van der Waals surface area contributed by atoms with Gasteiger partial charge in [0.05, 0.1) is 0 Å². The molecule has 0 aliphatic carbocycles. The lowest BCUT2D eigenvalue weighted by Gasteiger charge is -2.09. The Morgan fingerprint density at radius 3 is 2.14 bits per heavy atom. The van der Waals surface area contributed by atoms with Gasteiger partial charge < -0.3 is 4.18 Å². The van der Waals surface area contributed by atoms with Crippen molar-refractivity contribution in [1.29, 1.82) is 0 Å². The van der Waals surface area contributed by atoms with Gasteiger partial charge in [0, 0.05) is 12.0 Å². The minimum atomic E-state index is -5.79. The van der Waals surface area contributed by atoms with Gasteiger partial charge in [-0.25, -0.2) is 8.78 Å². The molecule has 9 heteroatoms. The predicted octanol–water partition coefficient (Wildman–Crippen LogP) is 4.71. The van der Waals surface area contributed by atoms with Crippen molar-refractivity contribution < 1.29 is 34.6 Å². The van der Waals surface area contributed by atoms with Gasteiger partial charge in [0.2, 0.25) is 0 Å². The third-order valence-electron chi connectivity index (χ3n) is 2.59. The Balaban J connectivity index is 2.92. The lowest BCUT2D eigenvalue weighted by atomic mass is 10.1.